The van der Waals surface area contributed by atoms with E-state index < -0.39 is 5.82 Å². The molecule has 3 rings (SSSR count). The fourth-order valence-electron chi connectivity index (χ4n) is 1.65. The van der Waals surface area contributed by atoms with Crippen LogP contribution < -0.4 is 5.73 Å². The number of nitrogens with two attached hydrogens (primary N) is 1. The molecule has 0 bridgehead atoms. The van der Waals surface area contributed by atoms with Crippen LogP contribution in [0.25, 0.3) is 22.3 Å². The van der Waals surface area contributed by atoms with Gasteiger partial charge in [-0.2, -0.15) is 4.98 Å². The van der Waals surface area contributed by atoms with Gasteiger partial charge < -0.3 is 10.3 Å². The summed E-state index contributed by atoms with van der Waals surface area (Å²) in [6.07, 6.45) is 1.11. The Hall–Kier alpha value is -2.28. The van der Waals surface area contributed by atoms with E-state index in [2.05, 4.69) is 15.1 Å². The first-order chi connectivity index (χ1) is 9.13. The summed E-state index contributed by atoms with van der Waals surface area (Å²) in [6.45, 7) is 1.92. The van der Waals surface area contributed by atoms with E-state index in [0.717, 1.165) is 16.6 Å². The van der Waals surface area contributed by atoms with Crippen molar-refractivity contribution in [1.29, 1.82) is 0 Å². The number of aromatic nitrogens is 3. The lowest BCUT2D eigenvalue weighted by Gasteiger charge is -1.91. The highest BCUT2D eigenvalue weighted by Crippen LogP contribution is 2.33. The molecule has 0 spiro atoms. The summed E-state index contributed by atoms with van der Waals surface area (Å²) in [5, 5.41) is 4.52. The molecule has 0 amide bonds. The molecule has 5 nitrogen and oxygen atoms in total. The molecular weight excluding hydrogens is 267 g/mol. The zero-order valence-electron chi connectivity index (χ0n) is 9.92. The molecule has 0 saturated heterocycles. The first-order valence-corrected chi connectivity index (χ1v) is 6.27. The normalized spacial score (nSPS) is 10.8. The van der Waals surface area contributed by atoms with Crippen molar-refractivity contribution in [1.82, 2.24) is 15.1 Å². The molecule has 3 aromatic heterocycles. The van der Waals surface area contributed by atoms with Crippen molar-refractivity contribution < 1.29 is 8.91 Å². The third kappa shape index (κ3) is 2.19. The number of pyridine rings is 1. The van der Waals surface area contributed by atoms with Gasteiger partial charge >= 0.3 is 0 Å². The van der Waals surface area contributed by atoms with Crippen molar-refractivity contribution in [3.8, 4) is 22.3 Å². The van der Waals surface area contributed by atoms with Gasteiger partial charge in [-0.3, -0.25) is 0 Å². The van der Waals surface area contributed by atoms with E-state index in [1.165, 1.54) is 23.5 Å². The molecule has 0 atom stereocenters. The Morgan fingerprint density at radius 3 is 2.84 bits per heavy atom. The standard InChI is InChI=1S/C12H9FN4OS/c1-6-4-9(14)19-10(6)12-16-11(17-18-12)8-3-2-7(13)5-15-8/h2-5H,14H2,1H3. The number of rotatable bonds is 2. The largest absolute Gasteiger partial charge is 0.391 e. The molecule has 0 aliphatic carbocycles. The molecule has 0 aromatic carbocycles. The summed E-state index contributed by atoms with van der Waals surface area (Å²) >= 11 is 1.38. The van der Waals surface area contributed by atoms with Crippen LogP contribution in [0, 0.1) is 12.7 Å². The molecule has 19 heavy (non-hydrogen) atoms. The van der Waals surface area contributed by atoms with Crippen molar-refractivity contribution in [2.45, 2.75) is 6.92 Å². The summed E-state index contributed by atoms with van der Waals surface area (Å²) in [6, 6.07) is 4.65. The van der Waals surface area contributed by atoms with Gasteiger partial charge in [0.25, 0.3) is 5.89 Å². The van der Waals surface area contributed by atoms with Crippen LogP contribution >= 0.6 is 11.3 Å². The van der Waals surface area contributed by atoms with Crippen LogP contribution in [0.4, 0.5) is 9.39 Å². The second kappa shape index (κ2) is 4.43. The molecule has 0 radical (unpaired) electrons. The minimum Gasteiger partial charge on any atom is -0.391 e. The van der Waals surface area contributed by atoms with Gasteiger partial charge in [0, 0.05) is 0 Å². The molecule has 0 saturated carbocycles. The number of hydrogen-bond donors (Lipinski definition) is 1. The summed E-state index contributed by atoms with van der Waals surface area (Å²) in [5.41, 5.74) is 7.16. The fourth-order valence-corrected chi connectivity index (χ4v) is 2.51. The predicted molar refractivity (Wildman–Crippen MR) is 69.9 cm³/mol. The Morgan fingerprint density at radius 2 is 2.21 bits per heavy atom. The lowest BCUT2D eigenvalue weighted by Crippen LogP contribution is -1.86. The molecule has 7 heteroatoms. The van der Waals surface area contributed by atoms with E-state index in [1.54, 1.807) is 0 Å². The van der Waals surface area contributed by atoms with E-state index in [1.807, 2.05) is 13.0 Å². The Morgan fingerprint density at radius 1 is 1.37 bits per heavy atom. The molecular formula is C12H9FN4OS. The number of nitrogen functional groups attached to an aromatic ring is 1. The number of thiophene rings is 1. The zero-order chi connectivity index (χ0) is 13.4. The van der Waals surface area contributed by atoms with Crippen LogP contribution in [0.2, 0.25) is 0 Å². The van der Waals surface area contributed by atoms with Gasteiger partial charge in [-0.05, 0) is 30.7 Å². The summed E-state index contributed by atoms with van der Waals surface area (Å²) in [4.78, 5) is 8.98. The first kappa shape index (κ1) is 11.8. The van der Waals surface area contributed by atoms with Gasteiger partial charge in [-0.25, -0.2) is 9.37 Å². The first-order valence-electron chi connectivity index (χ1n) is 5.45. The topological polar surface area (TPSA) is 77.8 Å². The highest BCUT2D eigenvalue weighted by atomic mass is 32.1. The van der Waals surface area contributed by atoms with Gasteiger partial charge in [0.2, 0.25) is 5.82 Å². The lowest BCUT2D eigenvalue weighted by molar-refractivity contribution is 0.433. The highest BCUT2D eigenvalue weighted by Gasteiger charge is 2.15. The number of halogens is 1. The smallest absolute Gasteiger partial charge is 0.268 e. The quantitative estimate of drug-likeness (QED) is 0.778. The van der Waals surface area contributed by atoms with Gasteiger partial charge in [0.15, 0.2) is 0 Å². The van der Waals surface area contributed by atoms with Crippen molar-refractivity contribution in [3.05, 3.63) is 35.8 Å². The van der Waals surface area contributed by atoms with Crippen molar-refractivity contribution in [2.24, 2.45) is 0 Å². The Balaban J connectivity index is 1.99. The number of nitrogens with zero attached hydrogens (tertiary/aromatic N) is 3. The van der Waals surface area contributed by atoms with Crippen LogP contribution in [-0.4, -0.2) is 15.1 Å². The van der Waals surface area contributed by atoms with E-state index in [9.17, 15) is 4.39 Å². The van der Waals surface area contributed by atoms with Crippen molar-refractivity contribution >= 4 is 16.3 Å². The summed E-state index contributed by atoms with van der Waals surface area (Å²) in [5.74, 6) is 0.302. The fraction of sp³-hybridized carbons (Fsp3) is 0.0833. The number of aryl methyl sites for hydroxylation is 1. The average Bonchev–Trinajstić information content (AvgIpc) is 2.97. The Kier molecular flexibility index (Phi) is 2.75. The van der Waals surface area contributed by atoms with Crippen molar-refractivity contribution in [2.75, 3.05) is 5.73 Å². The van der Waals surface area contributed by atoms with E-state index in [0.29, 0.717) is 22.4 Å². The van der Waals surface area contributed by atoms with E-state index in [4.69, 9.17) is 10.3 Å². The molecule has 0 fully saturated rings. The molecule has 0 aliphatic heterocycles. The van der Waals surface area contributed by atoms with Gasteiger partial charge in [-0.15, -0.1) is 11.3 Å². The summed E-state index contributed by atoms with van der Waals surface area (Å²) < 4.78 is 18.0. The van der Waals surface area contributed by atoms with Crippen LogP contribution in [0.3, 0.4) is 0 Å². The minimum absolute atomic E-state index is 0.321. The maximum Gasteiger partial charge on any atom is 0.268 e. The van der Waals surface area contributed by atoms with Gasteiger partial charge in [0.05, 0.1) is 16.1 Å². The van der Waals surface area contributed by atoms with Gasteiger partial charge in [0.1, 0.15) is 11.5 Å². The minimum atomic E-state index is -0.408. The lowest BCUT2D eigenvalue weighted by atomic mass is 10.3. The van der Waals surface area contributed by atoms with Crippen LogP contribution in [0.5, 0.6) is 0 Å². The Bertz CT molecular complexity index is 720. The third-order valence-electron chi connectivity index (χ3n) is 2.51. The van der Waals surface area contributed by atoms with Crippen LogP contribution in [0.15, 0.2) is 28.9 Å². The van der Waals surface area contributed by atoms with Crippen LogP contribution in [0.1, 0.15) is 5.56 Å². The monoisotopic (exact) mass is 276 g/mol. The third-order valence-corrected chi connectivity index (χ3v) is 3.57. The Labute approximate surface area is 111 Å². The highest BCUT2D eigenvalue weighted by molar-refractivity contribution is 7.19. The maximum atomic E-state index is 12.8. The SMILES string of the molecule is Cc1cc(N)sc1-c1nc(-c2ccc(F)cn2)no1. The second-order valence-electron chi connectivity index (χ2n) is 3.95. The maximum absolute atomic E-state index is 12.8. The van der Waals surface area contributed by atoms with Gasteiger partial charge in [-0.1, -0.05) is 5.16 Å². The molecule has 0 unspecified atom stereocenters. The van der Waals surface area contributed by atoms with E-state index >= 15 is 0 Å². The molecule has 3 aromatic rings. The molecule has 3 heterocycles. The number of hydrogen-bond acceptors (Lipinski definition) is 6. The van der Waals surface area contributed by atoms with E-state index in [-0.39, 0.29) is 0 Å². The average molecular weight is 276 g/mol. The zero-order valence-corrected chi connectivity index (χ0v) is 10.7. The second-order valence-corrected chi connectivity index (χ2v) is 5.03. The summed E-state index contributed by atoms with van der Waals surface area (Å²) in [7, 11) is 0. The van der Waals surface area contributed by atoms with Crippen molar-refractivity contribution in [3.63, 3.8) is 0 Å². The molecule has 96 valence electrons. The molecule has 2 N–H and O–H groups in total. The number of anilines is 1. The molecule has 0 aliphatic rings. The van der Waals surface area contributed by atoms with Crippen LogP contribution in [-0.2, 0) is 0 Å². The predicted octanol–water partition coefficient (Wildman–Crippen LogP) is 2.89.